The second-order valence-corrected chi connectivity index (χ2v) is 4.37. The van der Waals surface area contributed by atoms with E-state index in [0.717, 1.165) is 23.8 Å². The second-order valence-electron chi connectivity index (χ2n) is 4.37. The molecule has 1 N–H and O–H groups in total. The number of hydrogen-bond acceptors (Lipinski definition) is 3. The summed E-state index contributed by atoms with van der Waals surface area (Å²) < 4.78 is 11.5. The molecule has 0 fully saturated rings. The number of ether oxygens (including phenoxy) is 2. The Labute approximate surface area is 114 Å². The Morgan fingerprint density at radius 1 is 0.895 bits per heavy atom. The van der Waals surface area contributed by atoms with Crippen LogP contribution in [0.2, 0.25) is 0 Å². The summed E-state index contributed by atoms with van der Waals surface area (Å²) in [6.45, 7) is 2.85. The Kier molecular flexibility index (Phi) is 4.81. The fourth-order valence-corrected chi connectivity index (χ4v) is 1.77. The maximum atomic E-state index is 5.74. The van der Waals surface area contributed by atoms with Crippen LogP contribution in [0.1, 0.15) is 6.92 Å². The molecule has 1 atom stereocenters. The van der Waals surface area contributed by atoms with E-state index in [-0.39, 0.29) is 6.10 Å². The highest BCUT2D eigenvalue weighted by Gasteiger charge is 2.03. The van der Waals surface area contributed by atoms with Crippen molar-refractivity contribution in [1.82, 2.24) is 5.32 Å². The highest BCUT2D eigenvalue weighted by atomic mass is 16.5. The second kappa shape index (κ2) is 6.81. The Bertz CT molecular complexity index is 482. The third kappa shape index (κ3) is 4.30. The number of hydrogen-bond donors (Lipinski definition) is 1. The third-order valence-electron chi connectivity index (χ3n) is 2.63. The van der Waals surface area contributed by atoms with Gasteiger partial charge >= 0.3 is 0 Å². The van der Waals surface area contributed by atoms with Crippen molar-refractivity contribution in [3.05, 3.63) is 54.6 Å². The number of para-hydroxylation sites is 1. The lowest BCUT2D eigenvalue weighted by Crippen LogP contribution is -2.25. The summed E-state index contributed by atoms with van der Waals surface area (Å²) in [6.07, 6.45) is 0.144. The number of nitrogens with one attached hydrogen (secondary N) is 1. The normalized spacial score (nSPS) is 11.9. The highest BCUT2D eigenvalue weighted by Crippen LogP contribution is 2.23. The van der Waals surface area contributed by atoms with Gasteiger partial charge in [0.15, 0.2) is 0 Å². The van der Waals surface area contributed by atoms with Gasteiger partial charge in [0.2, 0.25) is 0 Å². The van der Waals surface area contributed by atoms with Gasteiger partial charge in [0.25, 0.3) is 0 Å². The molecule has 0 aliphatic carbocycles. The van der Waals surface area contributed by atoms with Gasteiger partial charge in [0, 0.05) is 6.54 Å². The van der Waals surface area contributed by atoms with Gasteiger partial charge in [-0.2, -0.15) is 0 Å². The van der Waals surface area contributed by atoms with Crippen molar-refractivity contribution in [2.24, 2.45) is 0 Å². The average Bonchev–Trinajstić information content (AvgIpc) is 2.42. The summed E-state index contributed by atoms with van der Waals surface area (Å²) in [5.41, 5.74) is 0. The first-order valence-electron chi connectivity index (χ1n) is 6.42. The van der Waals surface area contributed by atoms with E-state index in [2.05, 4.69) is 5.32 Å². The van der Waals surface area contributed by atoms with Crippen LogP contribution in [0.4, 0.5) is 0 Å². The minimum atomic E-state index is 0.144. The van der Waals surface area contributed by atoms with E-state index in [0.29, 0.717) is 0 Å². The Morgan fingerprint density at radius 3 is 2.11 bits per heavy atom. The van der Waals surface area contributed by atoms with Gasteiger partial charge < -0.3 is 14.8 Å². The van der Waals surface area contributed by atoms with E-state index < -0.39 is 0 Å². The first-order valence-corrected chi connectivity index (χ1v) is 6.42. The number of rotatable bonds is 6. The molecule has 0 radical (unpaired) electrons. The summed E-state index contributed by atoms with van der Waals surface area (Å²) in [5, 5.41) is 3.08. The summed E-state index contributed by atoms with van der Waals surface area (Å²) >= 11 is 0. The van der Waals surface area contributed by atoms with Crippen LogP contribution in [0.3, 0.4) is 0 Å². The smallest absolute Gasteiger partial charge is 0.127 e. The van der Waals surface area contributed by atoms with Gasteiger partial charge in [-0.15, -0.1) is 0 Å². The first kappa shape index (κ1) is 13.4. The van der Waals surface area contributed by atoms with E-state index in [1.54, 1.807) is 0 Å². The van der Waals surface area contributed by atoms with Crippen molar-refractivity contribution < 1.29 is 9.47 Å². The molecule has 100 valence electrons. The fourth-order valence-electron chi connectivity index (χ4n) is 1.77. The zero-order chi connectivity index (χ0) is 13.5. The molecule has 2 aromatic carbocycles. The third-order valence-corrected chi connectivity index (χ3v) is 2.63. The molecule has 2 aromatic rings. The lowest BCUT2D eigenvalue weighted by Gasteiger charge is -2.14. The predicted octanol–water partition coefficient (Wildman–Crippen LogP) is 3.47. The van der Waals surface area contributed by atoms with Crippen molar-refractivity contribution in [2.75, 3.05) is 13.6 Å². The minimum Gasteiger partial charge on any atom is -0.489 e. The zero-order valence-electron chi connectivity index (χ0n) is 11.3. The van der Waals surface area contributed by atoms with Crippen molar-refractivity contribution in [3.63, 3.8) is 0 Å². The van der Waals surface area contributed by atoms with Crippen LogP contribution in [0.5, 0.6) is 17.2 Å². The molecule has 0 bridgehead atoms. The Balaban J connectivity index is 1.95. The van der Waals surface area contributed by atoms with Gasteiger partial charge in [0.05, 0.1) is 0 Å². The maximum absolute atomic E-state index is 5.74. The summed E-state index contributed by atoms with van der Waals surface area (Å²) in [4.78, 5) is 0. The fraction of sp³-hybridized carbons (Fsp3) is 0.250. The molecular formula is C16H19NO2. The predicted molar refractivity (Wildman–Crippen MR) is 77.0 cm³/mol. The number of likely N-dealkylation sites (N-methyl/N-ethyl adjacent to an activating group) is 1. The van der Waals surface area contributed by atoms with Crippen LogP contribution in [0.25, 0.3) is 0 Å². The van der Waals surface area contributed by atoms with E-state index in [4.69, 9.17) is 9.47 Å². The number of benzene rings is 2. The summed E-state index contributed by atoms with van der Waals surface area (Å²) in [6, 6.07) is 17.4. The molecule has 0 saturated carbocycles. The van der Waals surface area contributed by atoms with Gasteiger partial charge in [0.1, 0.15) is 23.4 Å². The largest absolute Gasteiger partial charge is 0.489 e. The summed E-state index contributed by atoms with van der Waals surface area (Å²) in [5.74, 6) is 2.49. The molecule has 0 amide bonds. The molecule has 0 aliphatic rings. The Morgan fingerprint density at radius 2 is 1.47 bits per heavy atom. The van der Waals surface area contributed by atoms with Crippen molar-refractivity contribution >= 4 is 0 Å². The van der Waals surface area contributed by atoms with Crippen LogP contribution >= 0.6 is 0 Å². The Hall–Kier alpha value is -2.00. The average molecular weight is 257 g/mol. The minimum absolute atomic E-state index is 0.144. The monoisotopic (exact) mass is 257 g/mol. The van der Waals surface area contributed by atoms with Gasteiger partial charge in [-0.05, 0) is 50.4 Å². The first-order chi connectivity index (χ1) is 9.28. The van der Waals surface area contributed by atoms with Gasteiger partial charge in [-0.1, -0.05) is 18.2 Å². The topological polar surface area (TPSA) is 30.5 Å². The highest BCUT2D eigenvalue weighted by molar-refractivity contribution is 5.35. The van der Waals surface area contributed by atoms with Crippen LogP contribution in [0, 0.1) is 0 Å². The van der Waals surface area contributed by atoms with E-state index in [9.17, 15) is 0 Å². The standard InChI is InChI=1S/C16H19NO2/c1-13(12-17-2)18-15-8-10-16(11-9-15)19-14-6-4-3-5-7-14/h3-11,13,17H,12H2,1-2H3. The van der Waals surface area contributed by atoms with Crippen LogP contribution in [0.15, 0.2) is 54.6 Å². The SMILES string of the molecule is CNCC(C)Oc1ccc(Oc2ccccc2)cc1. The lowest BCUT2D eigenvalue weighted by atomic mass is 10.3. The van der Waals surface area contributed by atoms with Crippen LogP contribution in [-0.2, 0) is 0 Å². The molecule has 1 unspecified atom stereocenters. The molecule has 3 heteroatoms. The molecule has 19 heavy (non-hydrogen) atoms. The molecule has 0 aromatic heterocycles. The molecule has 0 spiro atoms. The van der Waals surface area contributed by atoms with E-state index in [1.165, 1.54) is 0 Å². The molecule has 0 aliphatic heterocycles. The van der Waals surface area contributed by atoms with Crippen molar-refractivity contribution in [3.8, 4) is 17.2 Å². The lowest BCUT2D eigenvalue weighted by molar-refractivity contribution is 0.220. The van der Waals surface area contributed by atoms with Gasteiger partial charge in [-0.3, -0.25) is 0 Å². The maximum Gasteiger partial charge on any atom is 0.127 e. The molecule has 0 saturated heterocycles. The molecule has 3 nitrogen and oxygen atoms in total. The molecule has 2 rings (SSSR count). The van der Waals surface area contributed by atoms with Gasteiger partial charge in [-0.25, -0.2) is 0 Å². The van der Waals surface area contributed by atoms with Crippen molar-refractivity contribution in [2.45, 2.75) is 13.0 Å². The molecule has 0 heterocycles. The van der Waals surface area contributed by atoms with Crippen LogP contribution in [-0.4, -0.2) is 19.7 Å². The van der Waals surface area contributed by atoms with Crippen molar-refractivity contribution in [1.29, 1.82) is 0 Å². The quantitative estimate of drug-likeness (QED) is 0.859. The van der Waals surface area contributed by atoms with E-state index >= 15 is 0 Å². The molecular weight excluding hydrogens is 238 g/mol. The summed E-state index contributed by atoms with van der Waals surface area (Å²) in [7, 11) is 1.91. The van der Waals surface area contributed by atoms with Crippen LogP contribution < -0.4 is 14.8 Å². The van der Waals surface area contributed by atoms with E-state index in [1.807, 2.05) is 68.6 Å². The zero-order valence-corrected chi connectivity index (χ0v) is 11.3.